The SMILES string of the molecule is CCOc1ccc(C(=O)N2CCC(C(N)=O)CC2)cc1. The fraction of sp³-hybridized carbons (Fsp3) is 0.467. The molecule has 2 amide bonds. The zero-order chi connectivity index (χ0) is 14.5. The standard InChI is InChI=1S/C15H20N2O3/c1-2-20-13-5-3-12(4-6-13)15(19)17-9-7-11(8-10-17)14(16)18/h3-6,11H,2,7-10H2,1H3,(H2,16,18). The number of nitrogens with two attached hydrogens (primary N) is 1. The number of carbonyl (C=O) groups is 2. The van der Waals surface area contributed by atoms with E-state index in [1.165, 1.54) is 0 Å². The molecular weight excluding hydrogens is 256 g/mol. The molecule has 0 unspecified atom stereocenters. The van der Waals surface area contributed by atoms with Gasteiger partial charge in [-0.3, -0.25) is 9.59 Å². The van der Waals surface area contributed by atoms with Crippen LogP contribution in [0.2, 0.25) is 0 Å². The van der Waals surface area contributed by atoms with Gasteiger partial charge in [-0.2, -0.15) is 0 Å². The van der Waals surface area contributed by atoms with Gasteiger partial charge in [0.25, 0.3) is 5.91 Å². The second kappa shape index (κ2) is 6.41. The van der Waals surface area contributed by atoms with Gasteiger partial charge in [0.05, 0.1) is 6.61 Å². The number of carbonyl (C=O) groups excluding carboxylic acids is 2. The first-order valence-electron chi connectivity index (χ1n) is 6.93. The molecule has 1 saturated heterocycles. The molecule has 0 atom stereocenters. The molecule has 5 heteroatoms. The summed E-state index contributed by atoms with van der Waals surface area (Å²) in [7, 11) is 0. The summed E-state index contributed by atoms with van der Waals surface area (Å²) in [5.74, 6) is 0.394. The Morgan fingerprint density at radius 2 is 1.85 bits per heavy atom. The zero-order valence-corrected chi connectivity index (χ0v) is 11.7. The van der Waals surface area contributed by atoms with Crippen molar-refractivity contribution in [3.63, 3.8) is 0 Å². The second-order valence-electron chi connectivity index (χ2n) is 4.93. The highest BCUT2D eigenvalue weighted by Gasteiger charge is 2.26. The van der Waals surface area contributed by atoms with Gasteiger partial charge in [0, 0.05) is 24.6 Å². The highest BCUT2D eigenvalue weighted by atomic mass is 16.5. The number of primary amides is 1. The number of hydrogen-bond acceptors (Lipinski definition) is 3. The molecule has 1 aliphatic heterocycles. The van der Waals surface area contributed by atoms with E-state index >= 15 is 0 Å². The van der Waals surface area contributed by atoms with Gasteiger partial charge in [-0.15, -0.1) is 0 Å². The first-order chi connectivity index (χ1) is 9.61. The van der Waals surface area contributed by atoms with Crippen LogP contribution >= 0.6 is 0 Å². The lowest BCUT2D eigenvalue weighted by Crippen LogP contribution is -2.41. The van der Waals surface area contributed by atoms with Gasteiger partial charge < -0.3 is 15.4 Å². The molecule has 2 rings (SSSR count). The number of rotatable bonds is 4. The minimum atomic E-state index is -0.266. The van der Waals surface area contributed by atoms with Gasteiger partial charge in [0.15, 0.2) is 0 Å². The molecule has 0 aromatic heterocycles. The van der Waals surface area contributed by atoms with E-state index in [0.29, 0.717) is 38.1 Å². The highest BCUT2D eigenvalue weighted by Crippen LogP contribution is 2.20. The molecule has 1 aromatic carbocycles. The van der Waals surface area contributed by atoms with Gasteiger partial charge >= 0.3 is 0 Å². The van der Waals surface area contributed by atoms with E-state index in [0.717, 1.165) is 5.75 Å². The molecule has 0 radical (unpaired) electrons. The summed E-state index contributed by atoms with van der Waals surface area (Å²) in [6.45, 7) is 3.69. The van der Waals surface area contributed by atoms with Gasteiger partial charge in [-0.1, -0.05) is 0 Å². The van der Waals surface area contributed by atoms with Crippen molar-refractivity contribution >= 4 is 11.8 Å². The van der Waals surface area contributed by atoms with Gasteiger partial charge in [0.2, 0.25) is 5.91 Å². The first kappa shape index (κ1) is 14.4. The fourth-order valence-electron chi connectivity index (χ4n) is 2.41. The topological polar surface area (TPSA) is 72.6 Å². The lowest BCUT2D eigenvalue weighted by molar-refractivity contribution is -0.123. The van der Waals surface area contributed by atoms with Crippen LogP contribution in [0.15, 0.2) is 24.3 Å². The third kappa shape index (κ3) is 3.29. The number of piperidine rings is 1. The van der Waals surface area contributed by atoms with Gasteiger partial charge in [-0.25, -0.2) is 0 Å². The predicted octanol–water partition coefficient (Wildman–Crippen LogP) is 1.42. The molecule has 1 aromatic rings. The zero-order valence-electron chi connectivity index (χ0n) is 11.7. The van der Waals surface area contributed by atoms with Gasteiger partial charge in [-0.05, 0) is 44.0 Å². The monoisotopic (exact) mass is 276 g/mol. The van der Waals surface area contributed by atoms with Crippen molar-refractivity contribution in [2.75, 3.05) is 19.7 Å². The fourth-order valence-corrected chi connectivity index (χ4v) is 2.41. The Morgan fingerprint density at radius 1 is 1.25 bits per heavy atom. The van der Waals surface area contributed by atoms with Crippen molar-refractivity contribution in [1.29, 1.82) is 0 Å². The first-order valence-corrected chi connectivity index (χ1v) is 6.93. The van der Waals surface area contributed by atoms with E-state index < -0.39 is 0 Å². The molecule has 20 heavy (non-hydrogen) atoms. The number of likely N-dealkylation sites (tertiary alicyclic amines) is 1. The van der Waals surface area contributed by atoms with E-state index in [1.54, 1.807) is 29.2 Å². The van der Waals surface area contributed by atoms with Crippen LogP contribution in [0.4, 0.5) is 0 Å². The average molecular weight is 276 g/mol. The molecule has 0 spiro atoms. The van der Waals surface area contributed by atoms with Gasteiger partial charge in [0.1, 0.15) is 5.75 Å². The number of amides is 2. The molecule has 1 fully saturated rings. The Kier molecular flexibility index (Phi) is 4.61. The van der Waals surface area contributed by atoms with Crippen molar-refractivity contribution in [1.82, 2.24) is 4.90 Å². The average Bonchev–Trinajstić information content (AvgIpc) is 2.48. The minimum Gasteiger partial charge on any atom is -0.494 e. The summed E-state index contributed by atoms with van der Waals surface area (Å²) in [5.41, 5.74) is 5.93. The third-order valence-electron chi connectivity index (χ3n) is 3.60. The van der Waals surface area contributed by atoms with E-state index in [9.17, 15) is 9.59 Å². The highest BCUT2D eigenvalue weighted by molar-refractivity contribution is 5.94. The minimum absolute atomic E-state index is 0.00373. The quantitative estimate of drug-likeness (QED) is 0.904. The van der Waals surface area contributed by atoms with E-state index in [-0.39, 0.29) is 17.7 Å². The second-order valence-corrected chi connectivity index (χ2v) is 4.93. The largest absolute Gasteiger partial charge is 0.494 e. The number of ether oxygens (including phenoxy) is 1. The molecule has 1 aliphatic rings. The summed E-state index contributed by atoms with van der Waals surface area (Å²) in [4.78, 5) is 25.2. The number of hydrogen-bond donors (Lipinski definition) is 1. The van der Waals surface area contributed by atoms with Crippen LogP contribution in [0, 0.1) is 5.92 Å². The van der Waals surface area contributed by atoms with Crippen LogP contribution in [-0.2, 0) is 4.79 Å². The van der Waals surface area contributed by atoms with Crippen molar-refractivity contribution in [3.8, 4) is 5.75 Å². The Balaban J connectivity index is 1.96. The summed E-state index contributed by atoms with van der Waals surface area (Å²) in [5, 5.41) is 0. The maximum absolute atomic E-state index is 12.3. The smallest absolute Gasteiger partial charge is 0.253 e. The maximum atomic E-state index is 12.3. The van der Waals surface area contributed by atoms with Crippen LogP contribution in [0.3, 0.4) is 0 Å². The molecular formula is C15H20N2O3. The molecule has 2 N–H and O–H groups in total. The van der Waals surface area contributed by atoms with Crippen LogP contribution < -0.4 is 10.5 Å². The lowest BCUT2D eigenvalue weighted by Gasteiger charge is -2.30. The van der Waals surface area contributed by atoms with Crippen LogP contribution in [0.5, 0.6) is 5.75 Å². The summed E-state index contributed by atoms with van der Waals surface area (Å²) < 4.78 is 5.35. The molecule has 0 saturated carbocycles. The maximum Gasteiger partial charge on any atom is 0.253 e. The van der Waals surface area contributed by atoms with Crippen molar-refractivity contribution in [2.24, 2.45) is 11.7 Å². The lowest BCUT2D eigenvalue weighted by atomic mass is 9.96. The molecule has 0 aliphatic carbocycles. The van der Waals surface area contributed by atoms with Crippen molar-refractivity contribution < 1.29 is 14.3 Å². The molecule has 1 heterocycles. The molecule has 108 valence electrons. The summed E-state index contributed by atoms with van der Waals surface area (Å²) >= 11 is 0. The molecule has 0 bridgehead atoms. The predicted molar refractivity (Wildman–Crippen MR) is 75.4 cm³/mol. The van der Waals surface area contributed by atoms with E-state index in [1.807, 2.05) is 6.92 Å². The van der Waals surface area contributed by atoms with E-state index in [4.69, 9.17) is 10.5 Å². The normalized spacial score (nSPS) is 15.9. The Bertz CT molecular complexity index is 476. The number of benzene rings is 1. The number of nitrogens with zero attached hydrogens (tertiary/aromatic N) is 1. The summed E-state index contributed by atoms with van der Waals surface area (Å²) in [6, 6.07) is 7.14. The Labute approximate surface area is 118 Å². The summed E-state index contributed by atoms with van der Waals surface area (Å²) in [6.07, 6.45) is 1.30. The van der Waals surface area contributed by atoms with Crippen LogP contribution in [0.1, 0.15) is 30.1 Å². The third-order valence-corrected chi connectivity index (χ3v) is 3.60. The van der Waals surface area contributed by atoms with E-state index in [2.05, 4.69) is 0 Å². The Morgan fingerprint density at radius 3 is 2.35 bits per heavy atom. The van der Waals surface area contributed by atoms with Crippen LogP contribution in [-0.4, -0.2) is 36.4 Å². The van der Waals surface area contributed by atoms with Crippen molar-refractivity contribution in [3.05, 3.63) is 29.8 Å². The Hall–Kier alpha value is -2.04. The molecule has 5 nitrogen and oxygen atoms in total. The van der Waals surface area contributed by atoms with Crippen molar-refractivity contribution in [2.45, 2.75) is 19.8 Å². The van der Waals surface area contributed by atoms with Crippen LogP contribution in [0.25, 0.3) is 0 Å².